The second-order valence-electron chi connectivity index (χ2n) is 3.80. The summed E-state index contributed by atoms with van der Waals surface area (Å²) in [7, 11) is 1.51. The predicted molar refractivity (Wildman–Crippen MR) is 70.7 cm³/mol. The molecule has 0 bridgehead atoms. The number of nitrogens with two attached hydrogens (primary N) is 1. The summed E-state index contributed by atoms with van der Waals surface area (Å²) in [5.74, 6) is 5.61. The molecule has 1 amide bonds. The monoisotopic (exact) mass is 246 g/mol. The third-order valence-corrected chi connectivity index (χ3v) is 2.48. The van der Waals surface area contributed by atoms with Crippen LogP contribution >= 0.6 is 0 Å². The molecule has 0 radical (unpaired) electrons. The SMILES string of the molecule is COC(C)C(=O)NCc1ccc(C#CCN)cc1. The third-order valence-electron chi connectivity index (χ3n) is 2.48. The van der Waals surface area contributed by atoms with E-state index in [4.69, 9.17) is 10.5 Å². The van der Waals surface area contributed by atoms with E-state index in [0.29, 0.717) is 13.1 Å². The summed E-state index contributed by atoms with van der Waals surface area (Å²) < 4.78 is 4.92. The van der Waals surface area contributed by atoms with Crippen molar-refractivity contribution in [2.45, 2.75) is 19.6 Å². The molecule has 1 aromatic carbocycles. The lowest BCUT2D eigenvalue weighted by molar-refractivity contribution is -0.130. The van der Waals surface area contributed by atoms with E-state index >= 15 is 0 Å². The Bertz CT molecular complexity index is 443. The van der Waals surface area contributed by atoms with Crippen LogP contribution in [0.2, 0.25) is 0 Å². The Morgan fingerprint density at radius 3 is 2.67 bits per heavy atom. The first-order valence-corrected chi connectivity index (χ1v) is 5.75. The lowest BCUT2D eigenvalue weighted by atomic mass is 10.1. The van der Waals surface area contributed by atoms with Gasteiger partial charge >= 0.3 is 0 Å². The van der Waals surface area contributed by atoms with Crippen LogP contribution in [0, 0.1) is 11.8 Å². The summed E-state index contributed by atoms with van der Waals surface area (Å²) in [6.45, 7) is 2.55. The van der Waals surface area contributed by atoms with Crippen LogP contribution in [0.1, 0.15) is 18.1 Å². The van der Waals surface area contributed by atoms with E-state index in [1.807, 2.05) is 24.3 Å². The van der Waals surface area contributed by atoms with Gasteiger partial charge in [-0.15, -0.1) is 0 Å². The normalized spacial score (nSPS) is 11.3. The van der Waals surface area contributed by atoms with Gasteiger partial charge in [0.15, 0.2) is 0 Å². The van der Waals surface area contributed by atoms with Gasteiger partial charge in [-0.2, -0.15) is 0 Å². The van der Waals surface area contributed by atoms with Crippen molar-refractivity contribution in [1.82, 2.24) is 5.32 Å². The van der Waals surface area contributed by atoms with E-state index in [1.165, 1.54) is 7.11 Å². The average molecular weight is 246 g/mol. The molecule has 4 heteroatoms. The summed E-state index contributed by atoms with van der Waals surface area (Å²) in [4.78, 5) is 11.5. The smallest absolute Gasteiger partial charge is 0.249 e. The number of nitrogens with one attached hydrogen (secondary N) is 1. The van der Waals surface area contributed by atoms with Crippen LogP contribution in [0.4, 0.5) is 0 Å². The lowest BCUT2D eigenvalue weighted by Gasteiger charge is -2.10. The number of benzene rings is 1. The summed E-state index contributed by atoms with van der Waals surface area (Å²) in [5, 5.41) is 2.79. The fourth-order valence-electron chi connectivity index (χ4n) is 1.30. The maximum Gasteiger partial charge on any atom is 0.249 e. The number of hydrogen-bond donors (Lipinski definition) is 2. The molecule has 0 aromatic heterocycles. The first kappa shape index (κ1) is 14.2. The minimum absolute atomic E-state index is 0.121. The topological polar surface area (TPSA) is 64.3 Å². The lowest BCUT2D eigenvalue weighted by Crippen LogP contribution is -2.33. The Morgan fingerprint density at radius 1 is 1.44 bits per heavy atom. The van der Waals surface area contributed by atoms with E-state index in [0.717, 1.165) is 11.1 Å². The summed E-state index contributed by atoms with van der Waals surface area (Å²) in [6.07, 6.45) is -0.431. The van der Waals surface area contributed by atoms with Gasteiger partial charge in [-0.25, -0.2) is 0 Å². The maximum atomic E-state index is 11.5. The Balaban J connectivity index is 2.51. The van der Waals surface area contributed by atoms with Crippen LogP contribution in [0.15, 0.2) is 24.3 Å². The van der Waals surface area contributed by atoms with E-state index in [-0.39, 0.29) is 5.91 Å². The van der Waals surface area contributed by atoms with Crippen molar-refractivity contribution in [2.75, 3.05) is 13.7 Å². The number of rotatable bonds is 4. The molecular weight excluding hydrogens is 228 g/mol. The molecule has 0 aliphatic rings. The van der Waals surface area contributed by atoms with Crippen molar-refractivity contribution < 1.29 is 9.53 Å². The highest BCUT2D eigenvalue weighted by Gasteiger charge is 2.10. The highest BCUT2D eigenvalue weighted by atomic mass is 16.5. The van der Waals surface area contributed by atoms with E-state index in [9.17, 15) is 4.79 Å². The Kier molecular flexibility index (Phi) is 5.92. The van der Waals surface area contributed by atoms with Gasteiger partial charge < -0.3 is 15.8 Å². The van der Waals surface area contributed by atoms with Crippen molar-refractivity contribution in [2.24, 2.45) is 5.73 Å². The molecule has 1 atom stereocenters. The van der Waals surface area contributed by atoms with Crippen LogP contribution in [0.25, 0.3) is 0 Å². The molecule has 0 saturated heterocycles. The quantitative estimate of drug-likeness (QED) is 0.767. The summed E-state index contributed by atoms with van der Waals surface area (Å²) in [5.41, 5.74) is 7.23. The van der Waals surface area contributed by atoms with Crippen molar-refractivity contribution in [3.8, 4) is 11.8 Å². The maximum absolute atomic E-state index is 11.5. The molecule has 3 N–H and O–H groups in total. The molecule has 0 heterocycles. The standard InChI is InChI=1S/C14H18N2O2/c1-11(18-2)14(17)16-10-13-7-5-12(6-8-13)4-3-9-15/h5-8,11H,9-10,15H2,1-2H3,(H,16,17). The molecule has 0 saturated carbocycles. The Labute approximate surface area is 108 Å². The zero-order valence-corrected chi connectivity index (χ0v) is 10.7. The molecule has 1 rings (SSSR count). The Morgan fingerprint density at radius 2 is 2.11 bits per heavy atom. The number of amides is 1. The first-order valence-electron chi connectivity index (χ1n) is 5.75. The minimum atomic E-state index is -0.431. The second kappa shape index (κ2) is 7.49. The van der Waals surface area contributed by atoms with Gasteiger partial charge in [0.05, 0.1) is 6.54 Å². The van der Waals surface area contributed by atoms with Crippen LogP contribution in [0.3, 0.4) is 0 Å². The molecule has 1 aromatic rings. The molecule has 0 aliphatic carbocycles. The van der Waals surface area contributed by atoms with Gasteiger partial charge in [0.1, 0.15) is 6.10 Å². The van der Waals surface area contributed by atoms with Crippen LogP contribution in [-0.4, -0.2) is 25.7 Å². The summed E-state index contributed by atoms with van der Waals surface area (Å²) in [6, 6.07) is 7.67. The fourth-order valence-corrected chi connectivity index (χ4v) is 1.30. The molecule has 1 unspecified atom stereocenters. The van der Waals surface area contributed by atoms with Gasteiger partial charge in [-0.1, -0.05) is 24.0 Å². The van der Waals surface area contributed by atoms with Crippen LogP contribution in [0.5, 0.6) is 0 Å². The highest BCUT2D eigenvalue weighted by molar-refractivity contribution is 5.80. The molecule has 0 aliphatic heterocycles. The summed E-state index contributed by atoms with van der Waals surface area (Å²) >= 11 is 0. The number of carbonyl (C=O) groups excluding carboxylic acids is 1. The number of methoxy groups -OCH3 is 1. The Hall–Kier alpha value is -1.83. The average Bonchev–Trinajstić information content (AvgIpc) is 2.42. The number of carbonyl (C=O) groups is 1. The molecule has 4 nitrogen and oxygen atoms in total. The molecule has 18 heavy (non-hydrogen) atoms. The van der Waals surface area contributed by atoms with E-state index < -0.39 is 6.10 Å². The molecule has 0 spiro atoms. The molecular formula is C14H18N2O2. The first-order chi connectivity index (χ1) is 8.67. The van der Waals surface area contributed by atoms with E-state index in [2.05, 4.69) is 17.2 Å². The largest absolute Gasteiger partial charge is 0.372 e. The molecule has 96 valence electrons. The van der Waals surface area contributed by atoms with Crippen molar-refractivity contribution in [3.63, 3.8) is 0 Å². The van der Waals surface area contributed by atoms with E-state index in [1.54, 1.807) is 6.92 Å². The van der Waals surface area contributed by atoms with Gasteiger partial charge in [0.25, 0.3) is 0 Å². The van der Waals surface area contributed by atoms with Crippen molar-refractivity contribution in [3.05, 3.63) is 35.4 Å². The predicted octanol–water partition coefficient (Wildman–Crippen LogP) is 0.648. The second-order valence-corrected chi connectivity index (χ2v) is 3.80. The fraction of sp³-hybridized carbons (Fsp3) is 0.357. The zero-order chi connectivity index (χ0) is 13.4. The van der Waals surface area contributed by atoms with Gasteiger partial charge in [-0.05, 0) is 24.6 Å². The van der Waals surface area contributed by atoms with Crippen molar-refractivity contribution >= 4 is 5.91 Å². The zero-order valence-electron chi connectivity index (χ0n) is 10.7. The van der Waals surface area contributed by atoms with Gasteiger partial charge in [-0.3, -0.25) is 4.79 Å². The van der Waals surface area contributed by atoms with Gasteiger partial charge in [0, 0.05) is 19.2 Å². The molecule has 0 fully saturated rings. The van der Waals surface area contributed by atoms with Gasteiger partial charge in [0.2, 0.25) is 5.91 Å². The number of hydrogen-bond acceptors (Lipinski definition) is 3. The van der Waals surface area contributed by atoms with Crippen LogP contribution < -0.4 is 11.1 Å². The third kappa shape index (κ3) is 4.58. The van der Waals surface area contributed by atoms with Crippen LogP contribution in [-0.2, 0) is 16.1 Å². The minimum Gasteiger partial charge on any atom is -0.372 e. The number of ether oxygens (including phenoxy) is 1. The van der Waals surface area contributed by atoms with Crippen molar-refractivity contribution in [1.29, 1.82) is 0 Å². The highest BCUT2D eigenvalue weighted by Crippen LogP contribution is 2.03.